The van der Waals surface area contributed by atoms with Gasteiger partial charge in [0.15, 0.2) is 0 Å². The van der Waals surface area contributed by atoms with Gasteiger partial charge in [-0.1, -0.05) is 27.7 Å². The number of carboxylic acid groups (broad SMARTS) is 1. The minimum absolute atomic E-state index is 0.120. The molecule has 3 amide bonds. The van der Waals surface area contributed by atoms with Crippen molar-refractivity contribution in [2.75, 3.05) is 6.54 Å². The summed E-state index contributed by atoms with van der Waals surface area (Å²) in [5, 5.41) is 14.6. The molecule has 11 nitrogen and oxygen atoms in total. The SMILES string of the molecule is CC(C)[C@H](N)C(=O)N[C@@H](Cc1c[nH]cn1)C(=O)N1CCC[C@H]1C(=O)N[C@H](C(=O)O)C(C)C. The highest BCUT2D eigenvalue weighted by molar-refractivity contribution is 5.94. The average Bonchev–Trinajstić information content (AvgIpc) is 3.41. The molecule has 1 aliphatic heterocycles. The van der Waals surface area contributed by atoms with E-state index in [0.29, 0.717) is 25.1 Å². The number of nitrogens with two attached hydrogens (primary N) is 1. The van der Waals surface area contributed by atoms with Gasteiger partial charge in [-0.2, -0.15) is 0 Å². The molecule has 2 heterocycles. The first kappa shape index (κ1) is 25.3. The van der Waals surface area contributed by atoms with E-state index in [9.17, 15) is 24.3 Å². The van der Waals surface area contributed by atoms with Crippen LogP contribution < -0.4 is 16.4 Å². The van der Waals surface area contributed by atoms with Crippen molar-refractivity contribution in [1.82, 2.24) is 25.5 Å². The fourth-order valence-electron chi connectivity index (χ4n) is 3.65. The van der Waals surface area contributed by atoms with Gasteiger partial charge in [0.05, 0.1) is 18.1 Å². The molecule has 6 N–H and O–H groups in total. The van der Waals surface area contributed by atoms with Gasteiger partial charge in [-0.3, -0.25) is 14.4 Å². The fraction of sp³-hybridized carbons (Fsp3) is 0.667. The van der Waals surface area contributed by atoms with Crippen LogP contribution in [0.25, 0.3) is 0 Å². The Hall–Kier alpha value is -2.95. The molecule has 4 atom stereocenters. The van der Waals surface area contributed by atoms with Crippen LogP contribution in [-0.4, -0.2) is 74.4 Å². The number of H-pyrrole nitrogens is 1. The number of imidazole rings is 1. The van der Waals surface area contributed by atoms with E-state index < -0.39 is 47.9 Å². The van der Waals surface area contributed by atoms with E-state index in [1.54, 1.807) is 20.0 Å². The van der Waals surface area contributed by atoms with Crippen LogP contribution in [-0.2, 0) is 25.6 Å². The summed E-state index contributed by atoms with van der Waals surface area (Å²) in [5.41, 5.74) is 6.52. The van der Waals surface area contributed by atoms with E-state index in [0.717, 1.165) is 0 Å². The molecule has 0 unspecified atom stereocenters. The molecule has 178 valence electrons. The Morgan fingerprint density at radius 2 is 1.91 bits per heavy atom. The van der Waals surface area contributed by atoms with Gasteiger partial charge < -0.3 is 31.4 Å². The molecule has 1 aromatic heterocycles. The van der Waals surface area contributed by atoms with E-state index in [1.807, 2.05) is 13.8 Å². The van der Waals surface area contributed by atoms with Crippen LogP contribution in [0.2, 0.25) is 0 Å². The first-order valence-corrected chi connectivity index (χ1v) is 10.9. The number of nitrogens with one attached hydrogen (secondary N) is 3. The van der Waals surface area contributed by atoms with Crippen molar-refractivity contribution in [2.24, 2.45) is 17.6 Å². The molecule has 0 saturated carbocycles. The highest BCUT2D eigenvalue weighted by Crippen LogP contribution is 2.20. The Kier molecular flexibility index (Phi) is 8.76. The van der Waals surface area contributed by atoms with E-state index in [4.69, 9.17) is 5.73 Å². The van der Waals surface area contributed by atoms with E-state index in [1.165, 1.54) is 11.2 Å². The third kappa shape index (κ3) is 6.28. The summed E-state index contributed by atoms with van der Waals surface area (Å²) in [7, 11) is 0. The predicted octanol–water partition coefficient (Wildman–Crippen LogP) is -0.363. The van der Waals surface area contributed by atoms with Crippen LogP contribution in [0.4, 0.5) is 0 Å². The topological polar surface area (TPSA) is 171 Å². The Balaban J connectivity index is 2.19. The Morgan fingerprint density at radius 1 is 1.22 bits per heavy atom. The lowest BCUT2D eigenvalue weighted by Crippen LogP contribution is -2.58. The standard InChI is InChI=1S/C21H34N6O5/c1-11(2)16(22)19(29)25-14(8-13-9-23-10-24-13)20(30)27-7-5-6-15(27)18(28)26-17(12(3)4)21(31)32/h9-12,14-17H,5-8,22H2,1-4H3,(H,23,24)(H,25,29)(H,26,28)(H,31,32)/t14-,15-,16-,17-/m0/s1. The third-order valence-electron chi connectivity index (χ3n) is 5.67. The molecule has 0 radical (unpaired) electrons. The number of carboxylic acids is 1. The van der Waals surface area contributed by atoms with Gasteiger partial charge in [-0.15, -0.1) is 0 Å². The number of carbonyl (C=O) groups excluding carboxylic acids is 3. The maximum absolute atomic E-state index is 13.4. The lowest BCUT2D eigenvalue weighted by atomic mass is 10.0. The molecule has 1 fully saturated rings. The normalized spacial score (nSPS) is 19.0. The van der Waals surface area contributed by atoms with Crippen molar-refractivity contribution in [3.63, 3.8) is 0 Å². The van der Waals surface area contributed by atoms with Crippen LogP contribution >= 0.6 is 0 Å². The van der Waals surface area contributed by atoms with E-state index in [-0.39, 0.29) is 18.3 Å². The highest BCUT2D eigenvalue weighted by atomic mass is 16.4. The van der Waals surface area contributed by atoms with Crippen LogP contribution in [0.15, 0.2) is 12.5 Å². The molecule has 2 rings (SSSR count). The number of aromatic nitrogens is 2. The summed E-state index contributed by atoms with van der Waals surface area (Å²) in [5.74, 6) is -2.96. The largest absolute Gasteiger partial charge is 0.480 e. The number of nitrogens with zero attached hydrogens (tertiary/aromatic N) is 2. The summed E-state index contributed by atoms with van der Waals surface area (Å²) < 4.78 is 0. The minimum atomic E-state index is -1.13. The van der Waals surface area contributed by atoms with E-state index in [2.05, 4.69) is 20.6 Å². The summed E-state index contributed by atoms with van der Waals surface area (Å²) in [6.45, 7) is 7.35. The zero-order valence-corrected chi connectivity index (χ0v) is 19.0. The maximum atomic E-state index is 13.4. The quantitative estimate of drug-likeness (QED) is 0.324. The second-order valence-electron chi connectivity index (χ2n) is 8.85. The number of aromatic amines is 1. The monoisotopic (exact) mass is 450 g/mol. The average molecular weight is 451 g/mol. The summed E-state index contributed by atoms with van der Waals surface area (Å²) in [6, 6.07) is -3.60. The van der Waals surface area contributed by atoms with Gasteiger partial charge in [-0.05, 0) is 24.7 Å². The molecule has 1 aliphatic rings. The number of amides is 3. The number of aliphatic carboxylic acids is 1. The molecule has 0 bridgehead atoms. The van der Waals surface area contributed by atoms with Crippen molar-refractivity contribution in [3.8, 4) is 0 Å². The van der Waals surface area contributed by atoms with Gasteiger partial charge >= 0.3 is 5.97 Å². The molecule has 0 aromatic carbocycles. The van der Waals surface area contributed by atoms with Gasteiger partial charge in [-0.25, -0.2) is 9.78 Å². The van der Waals surface area contributed by atoms with Gasteiger partial charge in [0.1, 0.15) is 18.1 Å². The van der Waals surface area contributed by atoms with Crippen molar-refractivity contribution in [3.05, 3.63) is 18.2 Å². The Morgan fingerprint density at radius 3 is 2.44 bits per heavy atom. The second-order valence-corrected chi connectivity index (χ2v) is 8.85. The van der Waals surface area contributed by atoms with Crippen LogP contribution in [0, 0.1) is 11.8 Å². The van der Waals surface area contributed by atoms with Crippen LogP contribution in [0.3, 0.4) is 0 Å². The van der Waals surface area contributed by atoms with Crippen LogP contribution in [0.1, 0.15) is 46.2 Å². The Labute approximate surface area is 187 Å². The first-order chi connectivity index (χ1) is 15.0. The number of likely N-dealkylation sites (tertiary alicyclic amines) is 1. The number of hydrogen-bond acceptors (Lipinski definition) is 6. The molecule has 1 saturated heterocycles. The maximum Gasteiger partial charge on any atom is 0.326 e. The van der Waals surface area contributed by atoms with Gasteiger partial charge in [0.25, 0.3) is 0 Å². The zero-order valence-electron chi connectivity index (χ0n) is 19.0. The Bertz CT molecular complexity index is 810. The molecule has 1 aromatic rings. The molecule has 0 aliphatic carbocycles. The van der Waals surface area contributed by atoms with Crippen molar-refractivity contribution in [1.29, 1.82) is 0 Å². The van der Waals surface area contributed by atoms with Gasteiger partial charge in [0.2, 0.25) is 17.7 Å². The lowest BCUT2D eigenvalue weighted by molar-refractivity contribution is -0.145. The fourth-order valence-corrected chi connectivity index (χ4v) is 3.65. The third-order valence-corrected chi connectivity index (χ3v) is 5.67. The lowest BCUT2D eigenvalue weighted by Gasteiger charge is -2.30. The summed E-state index contributed by atoms with van der Waals surface area (Å²) >= 11 is 0. The predicted molar refractivity (Wildman–Crippen MR) is 116 cm³/mol. The van der Waals surface area contributed by atoms with Crippen molar-refractivity contribution >= 4 is 23.7 Å². The minimum Gasteiger partial charge on any atom is -0.480 e. The molecular formula is C21H34N6O5. The highest BCUT2D eigenvalue weighted by Gasteiger charge is 2.39. The molecule has 32 heavy (non-hydrogen) atoms. The summed E-state index contributed by atoms with van der Waals surface area (Å²) in [4.78, 5) is 58.6. The number of rotatable bonds is 10. The van der Waals surface area contributed by atoms with Crippen molar-refractivity contribution < 1.29 is 24.3 Å². The smallest absolute Gasteiger partial charge is 0.326 e. The van der Waals surface area contributed by atoms with Crippen molar-refractivity contribution in [2.45, 2.75) is 71.1 Å². The second kappa shape index (κ2) is 11.1. The summed E-state index contributed by atoms with van der Waals surface area (Å²) in [6.07, 6.45) is 4.24. The number of hydrogen-bond donors (Lipinski definition) is 5. The molecule has 0 spiro atoms. The molecule has 11 heteroatoms. The molecular weight excluding hydrogens is 416 g/mol. The first-order valence-electron chi connectivity index (χ1n) is 10.9. The zero-order chi connectivity index (χ0) is 24.0. The van der Waals surface area contributed by atoms with E-state index >= 15 is 0 Å². The van der Waals surface area contributed by atoms with Crippen LogP contribution in [0.5, 0.6) is 0 Å². The number of carbonyl (C=O) groups is 4. The van der Waals surface area contributed by atoms with Gasteiger partial charge in [0, 0.05) is 19.2 Å².